The van der Waals surface area contributed by atoms with Crippen LogP contribution in [0.25, 0.3) is 0 Å². The Morgan fingerprint density at radius 2 is 2.19 bits per heavy atom. The number of amides is 1. The molecule has 2 rings (SSSR count). The van der Waals surface area contributed by atoms with E-state index in [9.17, 15) is 4.79 Å². The first-order valence-electron chi connectivity index (χ1n) is 5.84. The van der Waals surface area contributed by atoms with Gasteiger partial charge in [0.15, 0.2) is 6.61 Å². The Morgan fingerprint density at radius 1 is 1.38 bits per heavy atom. The summed E-state index contributed by atoms with van der Waals surface area (Å²) in [6.45, 7) is 3.51. The van der Waals surface area contributed by atoms with Crippen LogP contribution in [0.4, 0.5) is 0 Å². The third-order valence-corrected chi connectivity index (χ3v) is 2.79. The molecule has 1 N–H and O–H groups in total. The number of rotatable bonds is 3. The molecule has 4 nitrogen and oxygen atoms in total. The predicted molar refractivity (Wildman–Crippen MR) is 61.9 cm³/mol. The minimum Gasteiger partial charge on any atom is -0.484 e. The van der Waals surface area contributed by atoms with Crippen LogP contribution < -0.4 is 5.32 Å². The Labute approximate surface area is 95.9 Å². The van der Waals surface area contributed by atoms with Crippen LogP contribution in [0.15, 0.2) is 24.0 Å². The highest BCUT2D eigenvalue weighted by molar-refractivity contribution is 5.77. The van der Waals surface area contributed by atoms with Gasteiger partial charge in [-0.1, -0.05) is 6.08 Å². The van der Waals surface area contributed by atoms with Gasteiger partial charge >= 0.3 is 0 Å². The standard InChI is InChI=1S/C12H18N2O2/c15-12(14-8-6-13-7-9-14)10-16-11-4-2-1-3-5-11/h2,4-5,13H,1,3,6-10H2. The van der Waals surface area contributed by atoms with Gasteiger partial charge in [-0.15, -0.1) is 0 Å². The Bertz CT molecular complexity index is 304. The van der Waals surface area contributed by atoms with Gasteiger partial charge in [0.1, 0.15) is 5.76 Å². The molecule has 0 saturated carbocycles. The second-order valence-corrected chi connectivity index (χ2v) is 4.01. The zero-order valence-electron chi connectivity index (χ0n) is 9.45. The summed E-state index contributed by atoms with van der Waals surface area (Å²) >= 11 is 0. The maximum absolute atomic E-state index is 11.8. The number of nitrogens with one attached hydrogen (secondary N) is 1. The molecule has 1 aliphatic carbocycles. The van der Waals surface area contributed by atoms with Gasteiger partial charge in [0.05, 0.1) is 0 Å². The minimum atomic E-state index is 0.0846. The number of carbonyl (C=O) groups is 1. The molecule has 1 heterocycles. The Morgan fingerprint density at radius 3 is 2.88 bits per heavy atom. The van der Waals surface area contributed by atoms with E-state index < -0.39 is 0 Å². The van der Waals surface area contributed by atoms with Gasteiger partial charge in [0, 0.05) is 26.2 Å². The van der Waals surface area contributed by atoms with Crippen LogP contribution in [0.3, 0.4) is 0 Å². The smallest absolute Gasteiger partial charge is 0.260 e. The SMILES string of the molecule is O=C(COC1=CCCC=C1)N1CCNCC1. The molecule has 2 aliphatic rings. The van der Waals surface area contributed by atoms with E-state index in [1.54, 1.807) is 0 Å². The highest BCUT2D eigenvalue weighted by Gasteiger charge is 2.16. The van der Waals surface area contributed by atoms with Gasteiger partial charge < -0.3 is 15.0 Å². The molecule has 1 aliphatic heterocycles. The maximum atomic E-state index is 11.8. The van der Waals surface area contributed by atoms with Crippen molar-refractivity contribution in [2.24, 2.45) is 0 Å². The Balaban J connectivity index is 1.74. The number of nitrogens with zero attached hydrogens (tertiary/aromatic N) is 1. The van der Waals surface area contributed by atoms with Crippen LogP contribution in [0.5, 0.6) is 0 Å². The maximum Gasteiger partial charge on any atom is 0.260 e. The van der Waals surface area contributed by atoms with E-state index in [0.717, 1.165) is 44.8 Å². The summed E-state index contributed by atoms with van der Waals surface area (Å²) in [7, 11) is 0. The zero-order chi connectivity index (χ0) is 11.2. The third kappa shape index (κ3) is 3.10. The first kappa shape index (κ1) is 11.2. The van der Waals surface area contributed by atoms with Crippen molar-refractivity contribution < 1.29 is 9.53 Å². The van der Waals surface area contributed by atoms with Crippen molar-refractivity contribution in [1.82, 2.24) is 10.2 Å². The fourth-order valence-corrected chi connectivity index (χ4v) is 1.85. The normalized spacial score (nSPS) is 20.5. The average molecular weight is 222 g/mol. The number of allylic oxidation sites excluding steroid dienone is 3. The molecule has 0 bridgehead atoms. The first-order valence-corrected chi connectivity index (χ1v) is 5.84. The van der Waals surface area contributed by atoms with Gasteiger partial charge in [0.25, 0.3) is 5.91 Å². The van der Waals surface area contributed by atoms with Crippen LogP contribution in [-0.2, 0) is 9.53 Å². The van der Waals surface area contributed by atoms with Crippen molar-refractivity contribution in [1.29, 1.82) is 0 Å². The van der Waals surface area contributed by atoms with Gasteiger partial charge in [-0.2, -0.15) is 0 Å². The van der Waals surface area contributed by atoms with Crippen molar-refractivity contribution in [3.05, 3.63) is 24.0 Å². The molecule has 0 radical (unpaired) electrons. The lowest BCUT2D eigenvalue weighted by Gasteiger charge is -2.27. The van der Waals surface area contributed by atoms with E-state index in [2.05, 4.69) is 11.4 Å². The second kappa shape index (κ2) is 5.70. The quantitative estimate of drug-likeness (QED) is 0.763. The van der Waals surface area contributed by atoms with Crippen LogP contribution in [0.1, 0.15) is 12.8 Å². The molecular formula is C12H18N2O2. The number of piperazine rings is 1. The van der Waals surface area contributed by atoms with Gasteiger partial charge in [-0.3, -0.25) is 4.79 Å². The molecule has 1 saturated heterocycles. The lowest BCUT2D eigenvalue weighted by molar-refractivity contribution is -0.135. The predicted octanol–water partition coefficient (Wildman–Crippen LogP) is 0.669. The summed E-state index contributed by atoms with van der Waals surface area (Å²) in [6, 6.07) is 0. The van der Waals surface area contributed by atoms with E-state index in [-0.39, 0.29) is 12.5 Å². The van der Waals surface area contributed by atoms with Crippen LogP contribution in [-0.4, -0.2) is 43.6 Å². The molecule has 0 atom stereocenters. The number of ether oxygens (including phenoxy) is 1. The fraction of sp³-hybridized carbons (Fsp3) is 0.583. The van der Waals surface area contributed by atoms with Crippen molar-refractivity contribution in [3.8, 4) is 0 Å². The summed E-state index contributed by atoms with van der Waals surface area (Å²) in [4.78, 5) is 13.6. The number of hydrogen-bond donors (Lipinski definition) is 1. The largest absolute Gasteiger partial charge is 0.484 e. The molecule has 88 valence electrons. The van der Waals surface area contributed by atoms with Crippen LogP contribution >= 0.6 is 0 Å². The van der Waals surface area contributed by atoms with E-state index in [1.165, 1.54) is 0 Å². The summed E-state index contributed by atoms with van der Waals surface area (Å²) < 4.78 is 5.46. The highest BCUT2D eigenvalue weighted by Crippen LogP contribution is 2.10. The summed E-state index contributed by atoms with van der Waals surface area (Å²) in [5.41, 5.74) is 0. The highest BCUT2D eigenvalue weighted by atomic mass is 16.5. The minimum absolute atomic E-state index is 0.0846. The van der Waals surface area contributed by atoms with Crippen LogP contribution in [0, 0.1) is 0 Å². The number of hydrogen-bond acceptors (Lipinski definition) is 3. The molecule has 0 aromatic heterocycles. The second-order valence-electron chi connectivity index (χ2n) is 4.01. The van der Waals surface area contributed by atoms with Crippen molar-refractivity contribution in [2.45, 2.75) is 12.8 Å². The topological polar surface area (TPSA) is 41.6 Å². The lowest BCUT2D eigenvalue weighted by atomic mass is 10.2. The summed E-state index contributed by atoms with van der Waals surface area (Å²) in [5, 5.41) is 3.22. The molecule has 1 amide bonds. The fourth-order valence-electron chi connectivity index (χ4n) is 1.85. The molecular weight excluding hydrogens is 204 g/mol. The van der Waals surface area contributed by atoms with E-state index in [1.807, 2.05) is 17.1 Å². The summed E-state index contributed by atoms with van der Waals surface area (Å²) in [5.74, 6) is 0.913. The zero-order valence-corrected chi connectivity index (χ0v) is 9.45. The average Bonchev–Trinajstić information content (AvgIpc) is 2.38. The number of carbonyl (C=O) groups excluding carboxylic acids is 1. The third-order valence-electron chi connectivity index (χ3n) is 2.79. The van der Waals surface area contributed by atoms with Gasteiger partial charge in [0.2, 0.25) is 0 Å². The van der Waals surface area contributed by atoms with E-state index in [0.29, 0.717) is 0 Å². The monoisotopic (exact) mass is 222 g/mol. The first-order chi connectivity index (χ1) is 7.86. The van der Waals surface area contributed by atoms with E-state index in [4.69, 9.17) is 4.74 Å². The molecule has 0 aromatic carbocycles. The Hall–Kier alpha value is -1.29. The van der Waals surface area contributed by atoms with E-state index >= 15 is 0 Å². The van der Waals surface area contributed by atoms with Gasteiger partial charge in [-0.05, 0) is 25.0 Å². The van der Waals surface area contributed by atoms with Crippen molar-refractivity contribution in [2.75, 3.05) is 32.8 Å². The lowest BCUT2D eigenvalue weighted by Crippen LogP contribution is -2.47. The summed E-state index contributed by atoms with van der Waals surface area (Å²) in [6.07, 6.45) is 8.12. The molecule has 0 spiro atoms. The van der Waals surface area contributed by atoms with Gasteiger partial charge in [-0.25, -0.2) is 0 Å². The molecule has 0 unspecified atom stereocenters. The van der Waals surface area contributed by atoms with Crippen molar-refractivity contribution >= 4 is 5.91 Å². The molecule has 4 heteroatoms. The Kier molecular flexibility index (Phi) is 3.99. The molecule has 16 heavy (non-hydrogen) atoms. The van der Waals surface area contributed by atoms with Crippen LogP contribution in [0.2, 0.25) is 0 Å². The molecule has 0 aromatic rings. The molecule has 1 fully saturated rings. The van der Waals surface area contributed by atoms with Crippen molar-refractivity contribution in [3.63, 3.8) is 0 Å².